The fourth-order valence-electron chi connectivity index (χ4n) is 3.11. The third kappa shape index (κ3) is 4.60. The molecule has 0 radical (unpaired) electrons. The molecule has 25 heavy (non-hydrogen) atoms. The van der Waals surface area contributed by atoms with Gasteiger partial charge in [-0.15, -0.1) is 11.3 Å². The van der Waals surface area contributed by atoms with Crippen molar-refractivity contribution in [2.75, 3.05) is 20.1 Å². The summed E-state index contributed by atoms with van der Waals surface area (Å²) in [7, 11) is 1.76. The topological polar surface area (TPSA) is 96.8 Å². The highest BCUT2D eigenvalue weighted by molar-refractivity contribution is 7.13. The van der Waals surface area contributed by atoms with Gasteiger partial charge in [0.05, 0.1) is 17.1 Å². The van der Waals surface area contributed by atoms with E-state index in [-0.39, 0.29) is 5.91 Å². The van der Waals surface area contributed by atoms with Crippen LogP contribution in [-0.2, 0) is 11.3 Å². The van der Waals surface area contributed by atoms with Crippen LogP contribution in [0.1, 0.15) is 25.0 Å². The zero-order valence-electron chi connectivity index (χ0n) is 14.3. The van der Waals surface area contributed by atoms with Gasteiger partial charge in [0.1, 0.15) is 6.26 Å². The Morgan fingerprint density at radius 3 is 3.20 bits per heavy atom. The number of aromatic nitrogens is 1. The van der Waals surface area contributed by atoms with Gasteiger partial charge in [-0.05, 0) is 30.2 Å². The van der Waals surface area contributed by atoms with Crippen molar-refractivity contribution in [3.63, 3.8) is 0 Å². The largest absolute Gasteiger partial charge is 0.443 e. The third-order valence-corrected chi connectivity index (χ3v) is 5.09. The number of rotatable bonds is 5. The number of carbonyl (C=O) groups excluding carboxylic acids is 1. The maximum atomic E-state index is 11.2. The minimum absolute atomic E-state index is 0.237. The van der Waals surface area contributed by atoms with Gasteiger partial charge in [0.25, 0.3) is 0 Å². The highest BCUT2D eigenvalue weighted by Crippen LogP contribution is 2.23. The minimum Gasteiger partial charge on any atom is -0.443 e. The number of nitrogens with one attached hydrogen (secondary N) is 1. The third-order valence-electron chi connectivity index (χ3n) is 4.23. The second-order valence-corrected chi connectivity index (χ2v) is 7.09. The van der Waals surface area contributed by atoms with Crippen LogP contribution in [0.2, 0.25) is 0 Å². The molecule has 0 spiro atoms. The number of nitrogens with zero attached hydrogens (tertiary/aromatic N) is 3. The van der Waals surface area contributed by atoms with E-state index >= 15 is 0 Å². The number of nitrogens with two attached hydrogens (primary N) is 1. The molecule has 2 aromatic rings. The molecule has 0 bridgehead atoms. The van der Waals surface area contributed by atoms with Gasteiger partial charge in [0, 0.05) is 26.6 Å². The molecule has 3 rings (SSSR count). The van der Waals surface area contributed by atoms with Crippen LogP contribution in [0.4, 0.5) is 0 Å². The lowest BCUT2D eigenvalue weighted by atomic mass is 9.95. The van der Waals surface area contributed by atoms with Crippen LogP contribution in [0, 0.1) is 5.92 Å². The van der Waals surface area contributed by atoms with Gasteiger partial charge in [0.2, 0.25) is 11.8 Å². The van der Waals surface area contributed by atoms with E-state index in [0.29, 0.717) is 24.8 Å². The summed E-state index contributed by atoms with van der Waals surface area (Å²) in [6.07, 6.45) is 4.16. The number of hydrogen-bond acceptors (Lipinski definition) is 5. The van der Waals surface area contributed by atoms with Crippen molar-refractivity contribution in [1.82, 2.24) is 15.2 Å². The van der Waals surface area contributed by atoms with Crippen molar-refractivity contribution in [3.8, 4) is 10.8 Å². The Balaban J connectivity index is 1.56. The fraction of sp³-hybridized carbons (Fsp3) is 0.471. The van der Waals surface area contributed by atoms with Gasteiger partial charge in [-0.3, -0.25) is 9.79 Å². The van der Waals surface area contributed by atoms with Crippen LogP contribution in [0.3, 0.4) is 0 Å². The number of guanidine groups is 1. The van der Waals surface area contributed by atoms with Crippen molar-refractivity contribution in [2.45, 2.75) is 25.8 Å². The van der Waals surface area contributed by atoms with E-state index in [9.17, 15) is 4.79 Å². The monoisotopic (exact) mass is 361 g/mol. The molecule has 1 aliphatic rings. The highest BCUT2D eigenvalue weighted by atomic mass is 32.1. The number of carbonyl (C=O) groups is 1. The number of oxazole rings is 1. The summed E-state index contributed by atoms with van der Waals surface area (Å²) < 4.78 is 5.54. The second-order valence-electron chi connectivity index (χ2n) is 6.15. The SMILES string of the molecule is CN=C(NCc1coc(-c2cccs2)n1)N1CCCC(CC(N)=O)C1. The molecule has 3 N–H and O–H groups in total. The first-order chi connectivity index (χ1) is 12.2. The number of primary amides is 1. The van der Waals surface area contributed by atoms with Crippen molar-refractivity contribution in [3.05, 3.63) is 29.5 Å². The molecule has 1 fully saturated rings. The number of likely N-dealkylation sites (tertiary alicyclic amines) is 1. The van der Waals surface area contributed by atoms with E-state index in [0.717, 1.165) is 42.5 Å². The molecule has 0 aromatic carbocycles. The van der Waals surface area contributed by atoms with Gasteiger partial charge in [-0.1, -0.05) is 6.07 Å². The summed E-state index contributed by atoms with van der Waals surface area (Å²) >= 11 is 1.60. The molecule has 0 aliphatic carbocycles. The first kappa shape index (κ1) is 17.5. The Morgan fingerprint density at radius 1 is 1.60 bits per heavy atom. The first-order valence-corrected chi connectivity index (χ1v) is 9.26. The summed E-state index contributed by atoms with van der Waals surface area (Å²) in [5.41, 5.74) is 6.16. The van der Waals surface area contributed by atoms with E-state index in [2.05, 4.69) is 20.2 Å². The summed E-state index contributed by atoms with van der Waals surface area (Å²) in [6, 6.07) is 3.96. The maximum Gasteiger partial charge on any atom is 0.236 e. The Labute approximate surface area is 150 Å². The molecule has 2 aromatic heterocycles. The number of aliphatic imine (C=N–C) groups is 1. The molecule has 1 unspecified atom stereocenters. The van der Waals surface area contributed by atoms with Crippen LogP contribution in [0.25, 0.3) is 10.8 Å². The summed E-state index contributed by atoms with van der Waals surface area (Å²) in [5, 5.41) is 5.33. The normalized spacial score (nSPS) is 18.4. The maximum absolute atomic E-state index is 11.2. The van der Waals surface area contributed by atoms with Crippen molar-refractivity contribution < 1.29 is 9.21 Å². The fourth-order valence-corrected chi connectivity index (χ4v) is 3.77. The second kappa shape index (κ2) is 8.15. The lowest BCUT2D eigenvalue weighted by Gasteiger charge is -2.34. The van der Waals surface area contributed by atoms with Gasteiger partial charge in [-0.2, -0.15) is 0 Å². The van der Waals surface area contributed by atoms with E-state index in [1.807, 2.05) is 17.5 Å². The quantitative estimate of drug-likeness (QED) is 0.628. The molecule has 134 valence electrons. The van der Waals surface area contributed by atoms with Crippen LogP contribution in [-0.4, -0.2) is 41.9 Å². The molecular weight excluding hydrogens is 338 g/mol. The smallest absolute Gasteiger partial charge is 0.236 e. The molecule has 8 heteroatoms. The number of piperidine rings is 1. The summed E-state index contributed by atoms with van der Waals surface area (Å²) in [6.45, 7) is 2.26. The molecular formula is C17H23N5O2S. The van der Waals surface area contributed by atoms with Crippen molar-refractivity contribution in [2.24, 2.45) is 16.6 Å². The Hall–Kier alpha value is -2.35. The van der Waals surface area contributed by atoms with E-state index in [4.69, 9.17) is 10.2 Å². The predicted molar refractivity (Wildman–Crippen MR) is 98.1 cm³/mol. The standard InChI is InChI=1S/C17H23N5O2S/c1-19-17(22-6-2-4-12(10-22)8-15(18)23)20-9-13-11-24-16(21-13)14-5-3-7-25-14/h3,5,7,11-12H,2,4,6,8-10H2,1H3,(H2,18,23)(H,19,20). The minimum atomic E-state index is -0.237. The average molecular weight is 361 g/mol. The molecule has 0 saturated carbocycles. The van der Waals surface area contributed by atoms with Gasteiger partial charge < -0.3 is 20.4 Å². The Kier molecular flexibility index (Phi) is 5.70. The van der Waals surface area contributed by atoms with E-state index in [1.165, 1.54) is 0 Å². The van der Waals surface area contributed by atoms with Crippen LogP contribution in [0.5, 0.6) is 0 Å². The lowest BCUT2D eigenvalue weighted by molar-refractivity contribution is -0.119. The average Bonchev–Trinajstić information content (AvgIpc) is 3.26. The lowest BCUT2D eigenvalue weighted by Crippen LogP contribution is -2.46. The molecule has 3 heterocycles. The summed E-state index contributed by atoms with van der Waals surface area (Å²) in [5.74, 6) is 1.51. The zero-order valence-corrected chi connectivity index (χ0v) is 15.1. The van der Waals surface area contributed by atoms with Gasteiger partial charge in [-0.25, -0.2) is 4.98 Å². The number of thiophene rings is 1. The Bertz CT molecular complexity index is 725. The van der Waals surface area contributed by atoms with Gasteiger partial charge >= 0.3 is 0 Å². The Morgan fingerprint density at radius 2 is 2.48 bits per heavy atom. The zero-order chi connectivity index (χ0) is 17.6. The predicted octanol–water partition coefficient (Wildman–Crippen LogP) is 2.07. The molecule has 1 saturated heterocycles. The van der Waals surface area contributed by atoms with Crippen molar-refractivity contribution >= 4 is 23.2 Å². The highest BCUT2D eigenvalue weighted by Gasteiger charge is 2.23. The number of hydrogen-bond donors (Lipinski definition) is 2. The summed E-state index contributed by atoms with van der Waals surface area (Å²) in [4.78, 5) is 23.2. The molecule has 1 aliphatic heterocycles. The molecule has 1 amide bonds. The van der Waals surface area contributed by atoms with Crippen molar-refractivity contribution in [1.29, 1.82) is 0 Å². The van der Waals surface area contributed by atoms with E-state index < -0.39 is 0 Å². The number of amides is 1. The molecule has 1 atom stereocenters. The van der Waals surface area contributed by atoms with Crippen LogP contribution in [0.15, 0.2) is 33.2 Å². The van der Waals surface area contributed by atoms with E-state index in [1.54, 1.807) is 24.6 Å². The first-order valence-electron chi connectivity index (χ1n) is 8.38. The molecule has 7 nitrogen and oxygen atoms in total. The van der Waals surface area contributed by atoms with Crippen LogP contribution >= 0.6 is 11.3 Å². The van der Waals surface area contributed by atoms with Crippen LogP contribution < -0.4 is 11.1 Å². The van der Waals surface area contributed by atoms with Gasteiger partial charge in [0.15, 0.2) is 5.96 Å².